The third-order valence-corrected chi connectivity index (χ3v) is 3.25. The predicted octanol–water partition coefficient (Wildman–Crippen LogP) is 0.472. The van der Waals surface area contributed by atoms with E-state index in [2.05, 4.69) is 20.0 Å². The molecule has 0 spiro atoms. The Bertz CT molecular complexity index is 432. The smallest absolute Gasteiger partial charge is 0.407 e. The van der Waals surface area contributed by atoms with Crippen LogP contribution < -0.4 is 5.32 Å². The van der Waals surface area contributed by atoms with E-state index in [1.54, 1.807) is 17.3 Å². The minimum absolute atomic E-state index is 0.0302. The number of piperidine rings is 1. The second kappa shape index (κ2) is 6.21. The number of alkyl carbamates (subject to hydrolysis) is 1. The quantitative estimate of drug-likeness (QED) is 0.832. The van der Waals surface area contributed by atoms with E-state index in [1.807, 2.05) is 0 Å². The lowest BCUT2D eigenvalue weighted by atomic mass is 9.97. The summed E-state index contributed by atoms with van der Waals surface area (Å²) in [5, 5.41) is 2.40. The van der Waals surface area contributed by atoms with Crippen molar-refractivity contribution in [3.63, 3.8) is 0 Å². The second-order valence-electron chi connectivity index (χ2n) is 4.50. The summed E-state index contributed by atoms with van der Waals surface area (Å²) in [4.78, 5) is 32.0. The number of methoxy groups -OCH3 is 1. The Hall–Kier alpha value is -2.05. The van der Waals surface area contributed by atoms with Crippen LogP contribution in [0.5, 0.6) is 0 Å². The molecule has 7 nitrogen and oxygen atoms in total. The highest BCUT2D eigenvalue weighted by molar-refractivity contribution is 5.82. The number of likely N-dealkylation sites (tertiary alicyclic amines) is 1. The molecule has 0 aliphatic carbocycles. The van der Waals surface area contributed by atoms with Crippen molar-refractivity contribution in [1.82, 2.24) is 20.2 Å². The molecule has 2 rings (SSSR count). The number of hydrogen-bond acceptors (Lipinski definition) is 4. The average Bonchev–Trinajstić information content (AvgIpc) is 2.98. The van der Waals surface area contributed by atoms with Crippen LogP contribution in [0.4, 0.5) is 4.79 Å². The lowest BCUT2D eigenvalue weighted by molar-refractivity contribution is -0.131. The Morgan fingerprint density at radius 2 is 2.47 bits per heavy atom. The fraction of sp³-hybridized carbons (Fsp3) is 0.583. The Morgan fingerprint density at radius 3 is 3.16 bits per heavy atom. The molecule has 7 heteroatoms. The maximum Gasteiger partial charge on any atom is 0.407 e. The van der Waals surface area contributed by atoms with Gasteiger partial charge in [0.2, 0.25) is 5.91 Å². The fourth-order valence-corrected chi connectivity index (χ4v) is 2.26. The zero-order valence-corrected chi connectivity index (χ0v) is 10.9. The van der Waals surface area contributed by atoms with Crippen molar-refractivity contribution in [3.8, 4) is 0 Å². The molecule has 1 aliphatic rings. The van der Waals surface area contributed by atoms with Gasteiger partial charge in [0.05, 0.1) is 7.11 Å². The number of aromatic nitrogens is 2. The van der Waals surface area contributed by atoms with Gasteiger partial charge in [0.25, 0.3) is 0 Å². The van der Waals surface area contributed by atoms with Crippen LogP contribution in [0, 0.1) is 0 Å². The third-order valence-electron chi connectivity index (χ3n) is 3.25. The number of imidazole rings is 1. The van der Waals surface area contributed by atoms with Crippen LogP contribution in [-0.2, 0) is 9.53 Å². The van der Waals surface area contributed by atoms with Gasteiger partial charge in [0.15, 0.2) is 0 Å². The van der Waals surface area contributed by atoms with E-state index in [-0.39, 0.29) is 18.4 Å². The molecule has 1 saturated heterocycles. The molecule has 2 N–H and O–H groups in total. The molecule has 0 radical (unpaired) electrons. The number of carbonyl (C=O) groups is 2. The highest BCUT2D eigenvalue weighted by Crippen LogP contribution is 2.24. The van der Waals surface area contributed by atoms with E-state index < -0.39 is 6.09 Å². The van der Waals surface area contributed by atoms with Crippen molar-refractivity contribution in [2.75, 3.05) is 26.7 Å². The van der Waals surface area contributed by atoms with E-state index in [0.717, 1.165) is 25.2 Å². The molecular formula is C12H18N4O3. The van der Waals surface area contributed by atoms with Gasteiger partial charge < -0.3 is 19.9 Å². The van der Waals surface area contributed by atoms with Crippen molar-refractivity contribution >= 4 is 12.0 Å². The van der Waals surface area contributed by atoms with Gasteiger partial charge in [-0.25, -0.2) is 9.78 Å². The van der Waals surface area contributed by atoms with Gasteiger partial charge in [-0.05, 0) is 12.8 Å². The third kappa shape index (κ3) is 3.46. The van der Waals surface area contributed by atoms with E-state index in [1.165, 1.54) is 7.11 Å². The Balaban J connectivity index is 1.86. The summed E-state index contributed by atoms with van der Waals surface area (Å²) in [6, 6.07) is 0. The molecule has 0 aromatic carbocycles. The van der Waals surface area contributed by atoms with Crippen molar-refractivity contribution in [2.45, 2.75) is 18.8 Å². The normalized spacial score (nSPS) is 19.0. The second-order valence-corrected chi connectivity index (χ2v) is 4.50. The highest BCUT2D eigenvalue weighted by Gasteiger charge is 2.26. The molecular weight excluding hydrogens is 248 g/mol. The monoisotopic (exact) mass is 266 g/mol. The summed E-state index contributed by atoms with van der Waals surface area (Å²) in [5.41, 5.74) is 0. The molecule has 2 amide bonds. The first-order valence-corrected chi connectivity index (χ1v) is 6.29. The van der Waals surface area contributed by atoms with Crippen LogP contribution in [0.25, 0.3) is 0 Å². The zero-order valence-electron chi connectivity index (χ0n) is 10.9. The number of H-pyrrole nitrogens is 1. The minimum Gasteiger partial charge on any atom is -0.453 e. The van der Waals surface area contributed by atoms with Gasteiger partial charge in [0.1, 0.15) is 12.4 Å². The van der Waals surface area contributed by atoms with E-state index in [9.17, 15) is 9.59 Å². The molecule has 1 aliphatic heterocycles. The van der Waals surface area contributed by atoms with Crippen molar-refractivity contribution in [1.29, 1.82) is 0 Å². The summed E-state index contributed by atoms with van der Waals surface area (Å²) in [7, 11) is 1.27. The van der Waals surface area contributed by atoms with E-state index >= 15 is 0 Å². The van der Waals surface area contributed by atoms with Crippen LogP contribution in [0.3, 0.4) is 0 Å². The highest BCUT2D eigenvalue weighted by atomic mass is 16.5. The van der Waals surface area contributed by atoms with Crippen molar-refractivity contribution in [2.24, 2.45) is 0 Å². The van der Waals surface area contributed by atoms with Crippen molar-refractivity contribution in [3.05, 3.63) is 18.2 Å². The molecule has 0 bridgehead atoms. The number of hydrogen-bond donors (Lipinski definition) is 2. The van der Waals surface area contributed by atoms with Gasteiger partial charge in [-0.2, -0.15) is 0 Å². The summed E-state index contributed by atoms with van der Waals surface area (Å²) in [5.74, 6) is 1.06. The Labute approximate surface area is 111 Å². The van der Waals surface area contributed by atoms with Gasteiger partial charge in [0, 0.05) is 31.4 Å². The number of nitrogens with one attached hydrogen (secondary N) is 2. The predicted molar refractivity (Wildman–Crippen MR) is 67.6 cm³/mol. The van der Waals surface area contributed by atoms with Crippen LogP contribution in [0.2, 0.25) is 0 Å². The van der Waals surface area contributed by atoms with E-state index in [4.69, 9.17) is 0 Å². The number of nitrogens with zero attached hydrogens (tertiary/aromatic N) is 2. The first-order chi connectivity index (χ1) is 9.20. The summed E-state index contributed by atoms with van der Waals surface area (Å²) in [6.45, 7) is 1.33. The lowest BCUT2D eigenvalue weighted by Crippen LogP contribution is -2.44. The number of rotatable bonds is 3. The number of amides is 2. The molecule has 1 aromatic rings. The Kier molecular flexibility index (Phi) is 4.38. The summed E-state index contributed by atoms with van der Waals surface area (Å²) < 4.78 is 4.43. The summed E-state index contributed by atoms with van der Waals surface area (Å²) >= 11 is 0. The molecule has 1 aromatic heterocycles. The maximum atomic E-state index is 12.0. The number of carbonyl (C=O) groups excluding carboxylic acids is 2. The SMILES string of the molecule is COC(=O)NCC(=O)N1CCC[C@H](c2ncc[nH]2)C1. The molecule has 19 heavy (non-hydrogen) atoms. The van der Waals surface area contributed by atoms with Crippen molar-refractivity contribution < 1.29 is 14.3 Å². The minimum atomic E-state index is -0.590. The summed E-state index contributed by atoms with van der Waals surface area (Å²) in [6.07, 6.45) is 4.87. The van der Waals surface area contributed by atoms with Gasteiger partial charge in [-0.15, -0.1) is 0 Å². The van der Waals surface area contributed by atoms with Crippen LogP contribution in [0.15, 0.2) is 12.4 Å². The molecule has 2 heterocycles. The average molecular weight is 266 g/mol. The largest absolute Gasteiger partial charge is 0.453 e. The maximum absolute atomic E-state index is 12.0. The van der Waals surface area contributed by atoms with Gasteiger partial charge in [-0.3, -0.25) is 4.79 Å². The molecule has 1 atom stereocenters. The van der Waals surface area contributed by atoms with E-state index in [0.29, 0.717) is 6.54 Å². The zero-order chi connectivity index (χ0) is 13.7. The number of ether oxygens (including phenoxy) is 1. The topological polar surface area (TPSA) is 87.3 Å². The molecule has 104 valence electrons. The lowest BCUT2D eigenvalue weighted by Gasteiger charge is -2.31. The number of aromatic amines is 1. The first kappa shape index (κ1) is 13.4. The fourth-order valence-electron chi connectivity index (χ4n) is 2.26. The molecule has 1 fully saturated rings. The van der Waals surface area contributed by atoms with Crippen LogP contribution in [-0.4, -0.2) is 53.6 Å². The van der Waals surface area contributed by atoms with Gasteiger partial charge in [-0.1, -0.05) is 0 Å². The molecule has 0 unspecified atom stereocenters. The first-order valence-electron chi connectivity index (χ1n) is 6.29. The van der Waals surface area contributed by atoms with Crippen LogP contribution in [0.1, 0.15) is 24.6 Å². The Morgan fingerprint density at radius 1 is 1.63 bits per heavy atom. The standard InChI is InChI=1S/C12H18N4O3/c1-19-12(18)15-7-10(17)16-6-2-3-9(8-16)11-13-4-5-14-11/h4-5,9H,2-3,6-8H2,1H3,(H,13,14)(H,15,18)/t9-/m0/s1. The van der Waals surface area contributed by atoms with Gasteiger partial charge >= 0.3 is 6.09 Å². The van der Waals surface area contributed by atoms with Crippen LogP contribution >= 0.6 is 0 Å². The molecule has 0 saturated carbocycles.